The Morgan fingerprint density at radius 1 is 1.26 bits per heavy atom. The maximum Gasteiger partial charge on any atom is 0.309 e. The second kappa shape index (κ2) is 6.89. The number of carbonyl (C=O) groups is 2. The molecule has 1 heterocycles. The summed E-state index contributed by atoms with van der Waals surface area (Å²) < 4.78 is 0. The normalized spacial score (nSPS) is 20.1. The molecule has 0 aromatic carbocycles. The second-order valence-electron chi connectivity index (χ2n) is 5.56. The van der Waals surface area contributed by atoms with Gasteiger partial charge < -0.3 is 15.7 Å². The number of hydrogen-bond donors (Lipinski definition) is 2. The number of carbonyl (C=O) groups excluding carboxylic acids is 1. The molecule has 110 valence electrons. The van der Waals surface area contributed by atoms with Gasteiger partial charge in [0.05, 0.1) is 11.5 Å². The average molecular weight is 270 g/mol. The van der Waals surface area contributed by atoms with E-state index in [2.05, 4.69) is 0 Å². The summed E-state index contributed by atoms with van der Waals surface area (Å²) in [5, 5.41) is 9.41. The molecular weight excluding hydrogens is 244 g/mol. The second-order valence-corrected chi connectivity index (χ2v) is 5.56. The third kappa shape index (κ3) is 3.69. The van der Waals surface area contributed by atoms with Crippen molar-refractivity contribution in [2.24, 2.45) is 11.1 Å². The first kappa shape index (κ1) is 16.0. The van der Waals surface area contributed by atoms with Gasteiger partial charge in [-0.1, -0.05) is 26.7 Å². The van der Waals surface area contributed by atoms with Gasteiger partial charge in [0.1, 0.15) is 0 Å². The molecule has 0 spiro atoms. The minimum Gasteiger partial charge on any atom is -0.481 e. The van der Waals surface area contributed by atoms with Crippen LogP contribution in [0.1, 0.15) is 52.4 Å². The molecule has 1 saturated heterocycles. The van der Waals surface area contributed by atoms with Crippen LogP contribution in [0.25, 0.3) is 0 Å². The Balaban J connectivity index is 2.60. The Kier molecular flexibility index (Phi) is 5.79. The summed E-state index contributed by atoms with van der Waals surface area (Å²) in [5.74, 6) is -0.753. The summed E-state index contributed by atoms with van der Waals surface area (Å²) in [6.07, 6.45) is 4.20. The predicted octanol–water partition coefficient (Wildman–Crippen LogP) is 1.61. The van der Waals surface area contributed by atoms with E-state index in [0.717, 1.165) is 12.8 Å². The van der Waals surface area contributed by atoms with Crippen LogP contribution in [0.4, 0.5) is 0 Å². The fourth-order valence-electron chi connectivity index (χ4n) is 2.87. The molecule has 1 fully saturated rings. The van der Waals surface area contributed by atoms with Gasteiger partial charge in [-0.3, -0.25) is 9.59 Å². The van der Waals surface area contributed by atoms with Crippen LogP contribution in [0.3, 0.4) is 0 Å². The molecule has 1 aliphatic rings. The van der Waals surface area contributed by atoms with Crippen LogP contribution in [-0.4, -0.2) is 41.0 Å². The highest BCUT2D eigenvalue weighted by Gasteiger charge is 2.41. The zero-order chi connectivity index (χ0) is 14.5. The van der Waals surface area contributed by atoms with Crippen LogP contribution in [0, 0.1) is 5.41 Å². The van der Waals surface area contributed by atoms with Crippen molar-refractivity contribution in [3.63, 3.8) is 0 Å². The average Bonchev–Trinajstić information content (AvgIpc) is 2.39. The Labute approximate surface area is 115 Å². The zero-order valence-electron chi connectivity index (χ0n) is 12.0. The van der Waals surface area contributed by atoms with Crippen LogP contribution < -0.4 is 5.73 Å². The van der Waals surface area contributed by atoms with E-state index in [1.807, 2.05) is 13.8 Å². The Bertz CT molecular complexity index is 323. The molecule has 0 radical (unpaired) electrons. The molecule has 0 bridgehead atoms. The minimum atomic E-state index is -0.723. The quantitative estimate of drug-likeness (QED) is 0.768. The Morgan fingerprint density at radius 2 is 1.84 bits per heavy atom. The number of nitrogens with two attached hydrogens (primary N) is 1. The SMILES string of the molecule is CCCC(N)C(=O)N1CCC(CCC)(C(=O)O)CC1. The highest BCUT2D eigenvalue weighted by Crippen LogP contribution is 2.36. The van der Waals surface area contributed by atoms with Crippen LogP contribution in [0.2, 0.25) is 0 Å². The smallest absolute Gasteiger partial charge is 0.309 e. The molecule has 5 heteroatoms. The first-order valence-corrected chi connectivity index (χ1v) is 7.24. The number of carboxylic acids is 1. The van der Waals surface area contributed by atoms with E-state index in [9.17, 15) is 14.7 Å². The highest BCUT2D eigenvalue weighted by molar-refractivity contribution is 5.82. The molecule has 0 saturated carbocycles. The summed E-state index contributed by atoms with van der Waals surface area (Å²) in [5.41, 5.74) is 5.20. The molecule has 1 atom stereocenters. The lowest BCUT2D eigenvalue weighted by Gasteiger charge is -2.39. The van der Waals surface area contributed by atoms with Crippen molar-refractivity contribution in [1.29, 1.82) is 0 Å². The molecule has 1 amide bonds. The maximum atomic E-state index is 12.1. The number of piperidine rings is 1. The lowest BCUT2D eigenvalue weighted by Crippen LogP contribution is -2.51. The van der Waals surface area contributed by atoms with Gasteiger partial charge in [-0.05, 0) is 25.7 Å². The van der Waals surface area contributed by atoms with Crippen LogP contribution in [0.5, 0.6) is 0 Å². The lowest BCUT2D eigenvalue weighted by molar-refractivity contribution is -0.155. The molecule has 1 aliphatic heterocycles. The molecule has 1 unspecified atom stereocenters. The van der Waals surface area contributed by atoms with Gasteiger partial charge in [-0.25, -0.2) is 0 Å². The first-order chi connectivity index (χ1) is 8.96. The third-order valence-corrected chi connectivity index (χ3v) is 4.13. The van der Waals surface area contributed by atoms with Crippen LogP contribution in [-0.2, 0) is 9.59 Å². The van der Waals surface area contributed by atoms with Gasteiger partial charge in [0.25, 0.3) is 0 Å². The van der Waals surface area contributed by atoms with Crippen molar-refractivity contribution in [2.75, 3.05) is 13.1 Å². The number of amides is 1. The van der Waals surface area contributed by atoms with E-state index in [0.29, 0.717) is 38.8 Å². The Hall–Kier alpha value is -1.10. The predicted molar refractivity (Wildman–Crippen MR) is 73.7 cm³/mol. The van der Waals surface area contributed by atoms with Crippen molar-refractivity contribution in [2.45, 2.75) is 58.4 Å². The number of aliphatic carboxylic acids is 1. The zero-order valence-corrected chi connectivity index (χ0v) is 12.0. The summed E-state index contributed by atoms with van der Waals surface area (Å²) in [6.45, 7) is 5.03. The van der Waals surface area contributed by atoms with Crippen molar-refractivity contribution in [3.05, 3.63) is 0 Å². The molecule has 1 rings (SSSR count). The standard InChI is InChI=1S/C14H26N2O3/c1-3-5-11(15)12(17)16-9-7-14(6-4-2,8-10-16)13(18)19/h11H,3-10,15H2,1-2H3,(H,18,19). The fraction of sp³-hybridized carbons (Fsp3) is 0.857. The number of hydrogen-bond acceptors (Lipinski definition) is 3. The van der Waals surface area contributed by atoms with Crippen molar-refractivity contribution in [1.82, 2.24) is 4.90 Å². The van der Waals surface area contributed by atoms with Crippen molar-refractivity contribution < 1.29 is 14.7 Å². The molecule has 19 heavy (non-hydrogen) atoms. The number of carboxylic acid groups (broad SMARTS) is 1. The molecular formula is C14H26N2O3. The van der Waals surface area contributed by atoms with E-state index < -0.39 is 17.4 Å². The van der Waals surface area contributed by atoms with E-state index in [1.165, 1.54) is 0 Å². The summed E-state index contributed by atoms with van der Waals surface area (Å²) in [4.78, 5) is 25.3. The van der Waals surface area contributed by atoms with Crippen LogP contribution >= 0.6 is 0 Å². The topological polar surface area (TPSA) is 83.6 Å². The minimum absolute atomic E-state index is 0.0302. The van der Waals surface area contributed by atoms with Crippen molar-refractivity contribution in [3.8, 4) is 0 Å². The van der Waals surface area contributed by atoms with E-state index in [4.69, 9.17) is 5.73 Å². The summed E-state index contributed by atoms with van der Waals surface area (Å²) in [7, 11) is 0. The maximum absolute atomic E-state index is 12.1. The molecule has 5 nitrogen and oxygen atoms in total. The summed E-state index contributed by atoms with van der Waals surface area (Å²) >= 11 is 0. The monoisotopic (exact) mass is 270 g/mol. The van der Waals surface area contributed by atoms with E-state index in [1.54, 1.807) is 4.90 Å². The van der Waals surface area contributed by atoms with E-state index in [-0.39, 0.29) is 5.91 Å². The number of nitrogens with zero attached hydrogens (tertiary/aromatic N) is 1. The Morgan fingerprint density at radius 3 is 2.26 bits per heavy atom. The van der Waals surface area contributed by atoms with Crippen molar-refractivity contribution >= 4 is 11.9 Å². The molecule has 0 aliphatic carbocycles. The fourth-order valence-corrected chi connectivity index (χ4v) is 2.87. The van der Waals surface area contributed by atoms with Gasteiger partial charge in [-0.2, -0.15) is 0 Å². The third-order valence-electron chi connectivity index (χ3n) is 4.13. The molecule has 3 N–H and O–H groups in total. The van der Waals surface area contributed by atoms with Gasteiger partial charge >= 0.3 is 5.97 Å². The highest BCUT2D eigenvalue weighted by atomic mass is 16.4. The first-order valence-electron chi connectivity index (χ1n) is 7.24. The van der Waals surface area contributed by atoms with Gasteiger partial charge in [0.2, 0.25) is 5.91 Å². The number of likely N-dealkylation sites (tertiary alicyclic amines) is 1. The molecule has 0 aromatic heterocycles. The largest absolute Gasteiger partial charge is 0.481 e. The van der Waals surface area contributed by atoms with Gasteiger partial charge in [0, 0.05) is 13.1 Å². The van der Waals surface area contributed by atoms with Gasteiger partial charge in [0.15, 0.2) is 0 Å². The lowest BCUT2D eigenvalue weighted by atomic mass is 9.75. The number of rotatable bonds is 6. The van der Waals surface area contributed by atoms with Gasteiger partial charge in [-0.15, -0.1) is 0 Å². The molecule has 0 aromatic rings. The summed E-state index contributed by atoms with van der Waals surface area (Å²) in [6, 6.07) is -0.437. The van der Waals surface area contributed by atoms with E-state index >= 15 is 0 Å². The van der Waals surface area contributed by atoms with Crippen LogP contribution in [0.15, 0.2) is 0 Å².